The van der Waals surface area contributed by atoms with Crippen molar-refractivity contribution in [2.45, 2.75) is 24.3 Å². The van der Waals surface area contributed by atoms with Crippen molar-refractivity contribution in [3.63, 3.8) is 0 Å². The molecule has 0 heterocycles. The van der Waals surface area contributed by atoms with Crippen molar-refractivity contribution in [3.8, 4) is 0 Å². The van der Waals surface area contributed by atoms with E-state index >= 15 is 0 Å². The lowest BCUT2D eigenvalue weighted by atomic mass is 9.98. The number of thiol groups is 2. The Balaban J connectivity index is 3.99. The molecule has 0 radical (unpaired) electrons. The molecule has 0 aliphatic rings. The standard InChI is InChI=1S/C7H16F2N2S2/c8-6(3-10,4-12)1-2-7(9,11)5-13/h12-13H,1-5,10-11H2/t6-,7-/m0/s1. The number of alkyl halides is 2. The molecule has 0 bridgehead atoms. The number of hydrogen-bond donors (Lipinski definition) is 4. The minimum absolute atomic E-state index is 0.0217. The fraction of sp³-hybridized carbons (Fsp3) is 1.00. The SMILES string of the molecule is NC[C@](F)(CS)CC[C@@](N)(F)CS. The van der Waals surface area contributed by atoms with Gasteiger partial charge in [-0.05, 0) is 12.8 Å². The normalized spacial score (nSPS) is 20.8. The van der Waals surface area contributed by atoms with Crippen LogP contribution in [0.25, 0.3) is 0 Å². The molecule has 0 aromatic carbocycles. The molecule has 0 amide bonds. The number of nitrogens with two attached hydrogens (primary N) is 2. The second kappa shape index (κ2) is 5.38. The lowest BCUT2D eigenvalue weighted by Crippen LogP contribution is -2.42. The zero-order valence-corrected chi connectivity index (χ0v) is 9.13. The van der Waals surface area contributed by atoms with Crippen molar-refractivity contribution in [2.24, 2.45) is 11.5 Å². The molecule has 0 unspecified atom stereocenters. The topological polar surface area (TPSA) is 52.0 Å². The van der Waals surface area contributed by atoms with Gasteiger partial charge >= 0.3 is 0 Å². The van der Waals surface area contributed by atoms with Gasteiger partial charge in [0.2, 0.25) is 0 Å². The maximum absolute atomic E-state index is 13.5. The smallest absolute Gasteiger partial charge is 0.168 e. The summed E-state index contributed by atoms with van der Waals surface area (Å²) in [4.78, 5) is 0. The van der Waals surface area contributed by atoms with Crippen molar-refractivity contribution in [2.75, 3.05) is 18.1 Å². The first-order valence-electron chi connectivity index (χ1n) is 3.98. The Labute approximate surface area is 88.2 Å². The van der Waals surface area contributed by atoms with E-state index in [1.54, 1.807) is 0 Å². The molecule has 0 fully saturated rings. The summed E-state index contributed by atoms with van der Waals surface area (Å²) >= 11 is 7.52. The zero-order chi connectivity index (χ0) is 10.5. The van der Waals surface area contributed by atoms with E-state index in [0.29, 0.717) is 0 Å². The Hall–Kier alpha value is 0.480. The minimum Gasteiger partial charge on any atom is -0.327 e. The molecule has 0 rings (SSSR count). The predicted molar refractivity (Wildman–Crippen MR) is 57.9 cm³/mol. The lowest BCUT2D eigenvalue weighted by molar-refractivity contribution is 0.125. The largest absolute Gasteiger partial charge is 0.327 e. The van der Waals surface area contributed by atoms with Crippen LogP contribution in [-0.4, -0.2) is 29.5 Å². The van der Waals surface area contributed by atoms with Crippen molar-refractivity contribution in [1.82, 2.24) is 0 Å². The Morgan fingerprint density at radius 1 is 1.08 bits per heavy atom. The summed E-state index contributed by atoms with van der Waals surface area (Å²) in [5.41, 5.74) is 8.72. The third-order valence-corrected chi connectivity index (χ3v) is 2.99. The molecule has 13 heavy (non-hydrogen) atoms. The van der Waals surface area contributed by atoms with Crippen LogP contribution < -0.4 is 11.5 Å². The highest BCUT2D eigenvalue weighted by atomic mass is 32.1. The second-order valence-corrected chi connectivity index (χ2v) is 3.84. The summed E-state index contributed by atoms with van der Waals surface area (Å²) < 4.78 is 26.6. The molecule has 0 spiro atoms. The lowest BCUT2D eigenvalue weighted by Gasteiger charge is -2.25. The molecule has 2 atom stereocenters. The first-order chi connectivity index (χ1) is 5.89. The molecule has 0 saturated heterocycles. The highest BCUT2D eigenvalue weighted by Crippen LogP contribution is 2.24. The molecular formula is C7H16F2N2S2. The third kappa shape index (κ3) is 5.05. The van der Waals surface area contributed by atoms with E-state index in [-0.39, 0.29) is 30.9 Å². The molecule has 0 aromatic rings. The number of rotatable bonds is 6. The minimum atomic E-state index is -1.92. The van der Waals surface area contributed by atoms with Crippen molar-refractivity contribution in [3.05, 3.63) is 0 Å². The zero-order valence-electron chi connectivity index (χ0n) is 7.34. The van der Waals surface area contributed by atoms with E-state index in [0.717, 1.165) is 0 Å². The van der Waals surface area contributed by atoms with Gasteiger partial charge in [0, 0.05) is 18.1 Å². The van der Waals surface area contributed by atoms with Crippen LogP contribution in [0.5, 0.6) is 0 Å². The maximum atomic E-state index is 13.5. The van der Waals surface area contributed by atoms with E-state index in [4.69, 9.17) is 11.5 Å². The van der Waals surface area contributed by atoms with Crippen LogP contribution >= 0.6 is 25.3 Å². The maximum Gasteiger partial charge on any atom is 0.168 e. The van der Waals surface area contributed by atoms with Crippen LogP contribution in [-0.2, 0) is 0 Å². The van der Waals surface area contributed by atoms with Gasteiger partial charge in [0.05, 0.1) is 0 Å². The van der Waals surface area contributed by atoms with Crippen LogP contribution in [0.2, 0.25) is 0 Å². The predicted octanol–water partition coefficient (Wildman–Crippen LogP) is 0.918. The molecule has 0 aliphatic heterocycles. The fourth-order valence-corrected chi connectivity index (χ4v) is 1.20. The van der Waals surface area contributed by atoms with Crippen LogP contribution in [0.3, 0.4) is 0 Å². The quantitative estimate of drug-likeness (QED) is 0.405. The van der Waals surface area contributed by atoms with Crippen molar-refractivity contribution in [1.29, 1.82) is 0 Å². The van der Waals surface area contributed by atoms with E-state index in [1.165, 1.54) is 0 Å². The molecule has 80 valence electrons. The van der Waals surface area contributed by atoms with E-state index < -0.39 is 11.5 Å². The monoisotopic (exact) mass is 230 g/mol. The Morgan fingerprint density at radius 2 is 1.62 bits per heavy atom. The fourth-order valence-electron chi connectivity index (χ4n) is 0.757. The van der Waals surface area contributed by atoms with Gasteiger partial charge in [-0.15, -0.1) is 0 Å². The summed E-state index contributed by atoms with van der Waals surface area (Å²) in [6.45, 7) is -0.168. The molecule has 0 aromatic heterocycles. The molecule has 4 N–H and O–H groups in total. The molecule has 6 heteroatoms. The molecule has 0 aliphatic carbocycles. The molecule has 0 saturated carbocycles. The van der Waals surface area contributed by atoms with Crippen LogP contribution in [0.4, 0.5) is 8.78 Å². The van der Waals surface area contributed by atoms with Gasteiger partial charge in [0.25, 0.3) is 0 Å². The second-order valence-electron chi connectivity index (χ2n) is 3.21. The summed E-state index contributed by atoms with van der Waals surface area (Å²) in [7, 11) is 0. The van der Waals surface area contributed by atoms with Crippen molar-refractivity contribution >= 4 is 25.3 Å². The van der Waals surface area contributed by atoms with Crippen LogP contribution in [0.15, 0.2) is 0 Å². The molecule has 2 nitrogen and oxygen atoms in total. The Kier molecular flexibility index (Phi) is 5.58. The third-order valence-electron chi connectivity index (χ3n) is 1.90. The van der Waals surface area contributed by atoms with Gasteiger partial charge in [-0.3, -0.25) is 5.73 Å². The number of halogens is 2. The number of hydrogen-bond acceptors (Lipinski definition) is 4. The summed E-state index contributed by atoms with van der Waals surface area (Å²) in [6, 6.07) is 0. The van der Waals surface area contributed by atoms with Crippen LogP contribution in [0, 0.1) is 0 Å². The first kappa shape index (κ1) is 13.5. The first-order valence-corrected chi connectivity index (χ1v) is 5.24. The molecular weight excluding hydrogens is 214 g/mol. The van der Waals surface area contributed by atoms with E-state index in [1.807, 2.05) is 0 Å². The Bertz CT molecular complexity index is 151. The van der Waals surface area contributed by atoms with Crippen LogP contribution in [0.1, 0.15) is 12.8 Å². The van der Waals surface area contributed by atoms with Crippen molar-refractivity contribution < 1.29 is 8.78 Å². The highest BCUT2D eigenvalue weighted by Gasteiger charge is 2.31. The van der Waals surface area contributed by atoms with Gasteiger partial charge in [0.1, 0.15) is 5.67 Å². The van der Waals surface area contributed by atoms with Gasteiger partial charge in [0.15, 0.2) is 5.79 Å². The van der Waals surface area contributed by atoms with Gasteiger partial charge < -0.3 is 5.73 Å². The van der Waals surface area contributed by atoms with E-state index in [9.17, 15) is 8.78 Å². The summed E-state index contributed by atoms with van der Waals surface area (Å²) in [6.07, 6.45) is -0.120. The van der Waals surface area contributed by atoms with Gasteiger partial charge in [-0.1, -0.05) is 0 Å². The Morgan fingerprint density at radius 3 is 1.92 bits per heavy atom. The summed E-state index contributed by atoms with van der Waals surface area (Å²) in [5, 5.41) is 0. The average Bonchev–Trinajstić information content (AvgIpc) is 2.14. The van der Waals surface area contributed by atoms with Gasteiger partial charge in [-0.25, -0.2) is 8.78 Å². The van der Waals surface area contributed by atoms with E-state index in [2.05, 4.69) is 25.3 Å². The highest BCUT2D eigenvalue weighted by molar-refractivity contribution is 7.80. The average molecular weight is 230 g/mol. The summed E-state index contributed by atoms with van der Waals surface area (Å²) in [5.74, 6) is -2.06. The van der Waals surface area contributed by atoms with Gasteiger partial charge in [-0.2, -0.15) is 25.3 Å².